The number of carboxylic acid groups (broad SMARTS) is 1. The molecule has 0 radical (unpaired) electrons. The van der Waals surface area contributed by atoms with Gasteiger partial charge in [-0.1, -0.05) is 0 Å². The van der Waals surface area contributed by atoms with Crippen LogP contribution < -0.4 is 5.32 Å². The van der Waals surface area contributed by atoms with Gasteiger partial charge in [-0.15, -0.1) is 0 Å². The summed E-state index contributed by atoms with van der Waals surface area (Å²) in [6, 6.07) is -0.935. The second-order valence-corrected chi connectivity index (χ2v) is 6.11. The number of aliphatic carboxylic acids is 1. The third-order valence-electron chi connectivity index (χ3n) is 1.10. The summed E-state index contributed by atoms with van der Waals surface area (Å²) in [4.78, 5) is 21.3. The van der Waals surface area contributed by atoms with Gasteiger partial charge in [0.15, 0.2) is 0 Å². The van der Waals surface area contributed by atoms with E-state index in [1.54, 1.807) is 20.8 Å². The second kappa shape index (κ2) is 9.06. The number of carboxylic acids is 1. The van der Waals surface area contributed by atoms with E-state index in [1.165, 1.54) is 6.92 Å². The molecule has 8 heteroatoms. The van der Waals surface area contributed by atoms with Gasteiger partial charge in [0.05, 0.1) is 0 Å². The van der Waals surface area contributed by atoms with Crippen molar-refractivity contribution in [3.05, 3.63) is 0 Å². The number of hydrogen-bond donors (Lipinski definition) is 2. The van der Waals surface area contributed by atoms with Crippen LogP contribution in [0, 0.1) is 0 Å². The maximum absolute atomic E-state index is 11.0. The Hall–Kier alpha value is -0.0177. The van der Waals surface area contributed by atoms with E-state index in [9.17, 15) is 9.59 Å². The van der Waals surface area contributed by atoms with Gasteiger partial charge in [-0.05, 0) is 27.7 Å². The van der Waals surface area contributed by atoms with Crippen LogP contribution in [0.5, 0.6) is 0 Å². The zero-order valence-electron chi connectivity index (χ0n) is 9.32. The molecule has 0 aromatic rings. The third-order valence-corrected chi connectivity index (χ3v) is 1.10. The Kier molecular flexibility index (Phi) is 10.4. The van der Waals surface area contributed by atoms with Gasteiger partial charge >= 0.3 is 47.1 Å². The molecule has 0 heterocycles. The van der Waals surface area contributed by atoms with Crippen LogP contribution in [0.25, 0.3) is 0 Å². The molecule has 1 amide bonds. The van der Waals surface area contributed by atoms with Crippen LogP contribution in [0.15, 0.2) is 0 Å². The van der Waals surface area contributed by atoms with E-state index < -0.39 is 23.7 Å². The van der Waals surface area contributed by atoms with Crippen molar-refractivity contribution in [2.45, 2.75) is 39.3 Å². The number of halogens is 2. The molecule has 0 unspecified atom stereocenters. The van der Waals surface area contributed by atoms with Gasteiger partial charge in [0.1, 0.15) is 11.6 Å². The van der Waals surface area contributed by atoms with E-state index in [0.717, 1.165) is 0 Å². The standard InChI is InChI=1S/C8H15NO4.2ClH.Pd/c1-5(6(10)11)9-7(12)13-8(2,3)4;;;/h5H,1-4H3,(H,9,12)(H,10,11);2*1H;/q;;;+2/p-2/t5-;;;/m0.../s1. The van der Waals surface area contributed by atoms with Gasteiger partial charge in [0.2, 0.25) is 0 Å². The first-order valence-corrected chi connectivity index (χ1v) is 8.19. The number of amides is 1. The summed E-state index contributed by atoms with van der Waals surface area (Å²) in [6.45, 7) is 6.49. The topological polar surface area (TPSA) is 75.6 Å². The summed E-state index contributed by atoms with van der Waals surface area (Å²) in [5.74, 6) is -1.09. The van der Waals surface area contributed by atoms with E-state index in [1.807, 2.05) is 0 Å². The summed E-state index contributed by atoms with van der Waals surface area (Å²) in [6.07, 6.45) is -0.720. The number of carbonyl (C=O) groups excluding carboxylic acids is 1. The normalized spacial score (nSPS) is 12.1. The Morgan fingerprint density at radius 3 is 2.00 bits per heavy atom. The van der Waals surface area contributed by atoms with Crippen LogP contribution in [0.2, 0.25) is 0 Å². The zero-order chi connectivity index (χ0) is 13.4. The quantitative estimate of drug-likeness (QED) is 0.736. The maximum atomic E-state index is 11.0. The van der Waals surface area contributed by atoms with Crippen LogP contribution >= 0.6 is 19.1 Å². The summed E-state index contributed by atoms with van der Waals surface area (Å²) < 4.78 is 4.85. The fourth-order valence-corrected chi connectivity index (χ4v) is 0.546. The minimum absolute atomic E-state index is 0.106. The molecule has 0 aliphatic rings. The van der Waals surface area contributed by atoms with E-state index in [4.69, 9.17) is 28.9 Å². The third kappa shape index (κ3) is 14.0. The van der Waals surface area contributed by atoms with Gasteiger partial charge in [0.25, 0.3) is 0 Å². The van der Waals surface area contributed by atoms with Crippen molar-refractivity contribution in [3.63, 3.8) is 0 Å². The predicted octanol–water partition coefficient (Wildman–Crippen LogP) is 2.36. The first kappa shape index (κ1) is 18.4. The monoisotopic (exact) mass is 365 g/mol. The van der Waals surface area contributed by atoms with Crippen molar-refractivity contribution in [1.29, 1.82) is 0 Å². The van der Waals surface area contributed by atoms with E-state index in [-0.39, 0.29) is 15.9 Å². The van der Waals surface area contributed by atoms with Crippen LogP contribution in [0.1, 0.15) is 27.7 Å². The van der Waals surface area contributed by atoms with Gasteiger partial charge in [-0.25, -0.2) is 4.79 Å². The number of hydrogen-bond acceptors (Lipinski definition) is 3. The molecule has 0 bridgehead atoms. The summed E-state index contributed by atoms with van der Waals surface area (Å²) in [5, 5.41) is 10.6. The van der Waals surface area contributed by atoms with Gasteiger partial charge in [-0.3, -0.25) is 4.79 Å². The van der Waals surface area contributed by atoms with Gasteiger partial charge in [-0.2, -0.15) is 0 Å². The van der Waals surface area contributed by atoms with Gasteiger partial charge in [0, 0.05) is 0 Å². The Bertz CT molecular complexity index is 233. The molecular weight excluding hydrogens is 351 g/mol. The first-order valence-electron chi connectivity index (χ1n) is 4.18. The molecule has 0 aromatic heterocycles. The van der Waals surface area contributed by atoms with Gasteiger partial charge < -0.3 is 15.2 Å². The van der Waals surface area contributed by atoms with Crippen molar-refractivity contribution >= 4 is 31.1 Å². The molecule has 1 atom stereocenters. The number of alkyl carbamates (subject to hydrolysis) is 1. The molecule has 0 saturated heterocycles. The fraction of sp³-hybridized carbons (Fsp3) is 0.750. The van der Waals surface area contributed by atoms with Crippen molar-refractivity contribution < 1.29 is 35.4 Å². The Balaban J connectivity index is 0. The first-order chi connectivity index (χ1) is 7.14. The Labute approximate surface area is 111 Å². The van der Waals surface area contributed by atoms with Crippen molar-refractivity contribution in [1.82, 2.24) is 5.32 Å². The van der Waals surface area contributed by atoms with Crippen molar-refractivity contribution in [2.75, 3.05) is 0 Å². The average molecular weight is 367 g/mol. The molecule has 0 aromatic carbocycles. The molecule has 0 spiro atoms. The minimum atomic E-state index is -1.09. The van der Waals surface area contributed by atoms with Crippen molar-refractivity contribution in [2.24, 2.45) is 0 Å². The molecular formula is C8H15Cl2NO4Pd. The predicted molar refractivity (Wildman–Crippen MR) is 58.2 cm³/mol. The van der Waals surface area contributed by atoms with Crippen molar-refractivity contribution in [3.8, 4) is 0 Å². The Morgan fingerprint density at radius 2 is 1.75 bits per heavy atom. The van der Waals surface area contributed by atoms with Crippen LogP contribution in [0.4, 0.5) is 4.79 Å². The number of rotatable bonds is 2. The molecule has 0 saturated carbocycles. The van der Waals surface area contributed by atoms with E-state index in [2.05, 4.69) is 5.32 Å². The van der Waals surface area contributed by atoms with Crippen LogP contribution in [-0.2, 0) is 25.5 Å². The number of nitrogens with one attached hydrogen (secondary N) is 1. The fourth-order valence-electron chi connectivity index (χ4n) is 0.546. The van der Waals surface area contributed by atoms with E-state index in [0.29, 0.717) is 0 Å². The molecule has 2 N–H and O–H groups in total. The molecule has 0 aliphatic carbocycles. The van der Waals surface area contributed by atoms with Crippen LogP contribution in [0.3, 0.4) is 0 Å². The molecule has 100 valence electrons. The molecule has 5 nitrogen and oxygen atoms in total. The second-order valence-electron chi connectivity index (χ2n) is 3.75. The molecule has 0 fully saturated rings. The SMILES string of the molecule is C[C@H](NC(=O)OC(C)(C)C)C(=O)O.[Cl][Pd][Cl]. The van der Waals surface area contributed by atoms with E-state index >= 15 is 0 Å². The van der Waals surface area contributed by atoms with Crippen LogP contribution in [-0.4, -0.2) is 28.8 Å². The summed E-state index contributed by atoms with van der Waals surface area (Å²) >= 11 is -0.106. The zero-order valence-corrected chi connectivity index (χ0v) is 12.4. The number of ether oxygens (including phenoxy) is 1. The Morgan fingerprint density at radius 1 is 1.38 bits per heavy atom. The average Bonchev–Trinajstić information content (AvgIpc) is 2.00. The number of carbonyl (C=O) groups is 2. The molecule has 0 rings (SSSR count). The molecule has 16 heavy (non-hydrogen) atoms. The summed E-state index contributed by atoms with van der Waals surface area (Å²) in [7, 11) is 9.63. The molecule has 0 aliphatic heterocycles. The summed E-state index contributed by atoms with van der Waals surface area (Å²) in [5.41, 5.74) is -0.609.